The van der Waals surface area contributed by atoms with E-state index >= 15 is 0 Å². The third kappa shape index (κ3) is 5.55. The minimum absolute atomic E-state index is 0.918. The van der Waals surface area contributed by atoms with Gasteiger partial charge in [0, 0.05) is 45.4 Å². The summed E-state index contributed by atoms with van der Waals surface area (Å²) in [5.74, 6) is 0. The summed E-state index contributed by atoms with van der Waals surface area (Å²) in [7, 11) is 0. The van der Waals surface area contributed by atoms with Crippen LogP contribution in [0.1, 0.15) is 0 Å². The number of benzene rings is 7. The van der Waals surface area contributed by atoms with Crippen LogP contribution in [0.3, 0.4) is 0 Å². The first-order valence-electron chi connectivity index (χ1n) is 17.6. The van der Waals surface area contributed by atoms with E-state index in [0.717, 1.165) is 77.7 Å². The van der Waals surface area contributed by atoms with Gasteiger partial charge in [-0.3, -0.25) is 9.97 Å². The van der Waals surface area contributed by atoms with Gasteiger partial charge in [0.05, 0.1) is 22.8 Å². The molecule has 0 N–H and O–H groups in total. The van der Waals surface area contributed by atoms with Crippen LogP contribution in [-0.2, 0) is 0 Å². The Hall–Kier alpha value is -6.97. The number of pyridine rings is 3. The van der Waals surface area contributed by atoms with Crippen LogP contribution in [0, 0.1) is 0 Å². The molecule has 3 nitrogen and oxygen atoms in total. The van der Waals surface area contributed by atoms with Crippen molar-refractivity contribution >= 4 is 43.1 Å². The maximum Gasteiger partial charge on any atom is 0.0715 e. The molecule has 10 rings (SSSR count). The molecule has 3 heteroatoms. The third-order valence-corrected chi connectivity index (χ3v) is 10.0. The fourth-order valence-electron chi connectivity index (χ4n) is 7.26. The van der Waals surface area contributed by atoms with Crippen molar-refractivity contribution in [3.63, 3.8) is 0 Å². The smallest absolute Gasteiger partial charge is 0.0715 e. The lowest BCUT2D eigenvalue weighted by atomic mass is 9.93. The zero-order valence-corrected chi connectivity index (χ0v) is 28.2. The van der Waals surface area contributed by atoms with E-state index in [2.05, 4.69) is 176 Å². The molecule has 7 aromatic carbocycles. The monoisotopic (exact) mass is 661 g/mol. The van der Waals surface area contributed by atoms with Crippen molar-refractivity contribution in [2.45, 2.75) is 0 Å². The maximum atomic E-state index is 5.32. The van der Waals surface area contributed by atoms with Crippen molar-refractivity contribution in [3.8, 4) is 56.2 Å². The predicted molar refractivity (Wildman–Crippen MR) is 217 cm³/mol. The van der Waals surface area contributed by atoms with Crippen LogP contribution < -0.4 is 0 Å². The van der Waals surface area contributed by atoms with E-state index in [1.807, 2.05) is 12.4 Å². The topological polar surface area (TPSA) is 38.7 Å². The molecule has 0 aliphatic heterocycles. The van der Waals surface area contributed by atoms with Gasteiger partial charge in [-0.1, -0.05) is 121 Å². The van der Waals surface area contributed by atoms with E-state index in [1.54, 1.807) is 0 Å². The summed E-state index contributed by atoms with van der Waals surface area (Å²) in [6, 6.07) is 62.5. The largest absolute Gasteiger partial charge is 0.256 e. The molecule has 0 unspecified atom stereocenters. The second kappa shape index (κ2) is 12.4. The number of aromatic nitrogens is 3. The third-order valence-electron chi connectivity index (χ3n) is 10.0. The van der Waals surface area contributed by atoms with E-state index in [1.165, 1.54) is 21.5 Å². The van der Waals surface area contributed by atoms with E-state index in [0.29, 0.717) is 0 Å². The number of fused-ring (bicyclic) bond motifs is 4. The quantitative estimate of drug-likeness (QED) is 0.184. The number of nitrogens with zero attached hydrogens (tertiary/aromatic N) is 3. The van der Waals surface area contributed by atoms with Crippen molar-refractivity contribution in [2.75, 3.05) is 0 Å². The summed E-state index contributed by atoms with van der Waals surface area (Å²) >= 11 is 0. The first kappa shape index (κ1) is 29.9. The fraction of sp³-hybridized carbons (Fsp3) is 0. The highest BCUT2D eigenvalue weighted by Crippen LogP contribution is 2.37. The Balaban J connectivity index is 1.21. The highest BCUT2D eigenvalue weighted by molar-refractivity contribution is 5.92. The summed E-state index contributed by atoms with van der Waals surface area (Å²) in [6.45, 7) is 0. The van der Waals surface area contributed by atoms with Crippen LogP contribution in [0.5, 0.6) is 0 Å². The minimum Gasteiger partial charge on any atom is -0.256 e. The molecule has 0 spiro atoms. The van der Waals surface area contributed by atoms with Crippen LogP contribution in [0.25, 0.3) is 99.2 Å². The Morgan fingerprint density at radius 1 is 0.231 bits per heavy atom. The summed E-state index contributed by atoms with van der Waals surface area (Å²) < 4.78 is 0. The van der Waals surface area contributed by atoms with Crippen molar-refractivity contribution in [1.29, 1.82) is 0 Å². The van der Waals surface area contributed by atoms with Gasteiger partial charge < -0.3 is 0 Å². The molecule has 0 aliphatic carbocycles. The van der Waals surface area contributed by atoms with Gasteiger partial charge in [-0.05, 0) is 98.0 Å². The van der Waals surface area contributed by atoms with Crippen molar-refractivity contribution in [1.82, 2.24) is 15.0 Å². The molecule has 52 heavy (non-hydrogen) atoms. The lowest BCUT2D eigenvalue weighted by Gasteiger charge is -2.14. The van der Waals surface area contributed by atoms with Gasteiger partial charge >= 0.3 is 0 Å². The average Bonchev–Trinajstić information content (AvgIpc) is 3.22. The lowest BCUT2D eigenvalue weighted by molar-refractivity contribution is 1.32. The number of hydrogen-bond donors (Lipinski definition) is 0. The van der Waals surface area contributed by atoms with Crippen LogP contribution in [0.2, 0.25) is 0 Å². The molecule has 0 amide bonds. The van der Waals surface area contributed by atoms with E-state index in [4.69, 9.17) is 15.0 Å². The second-order valence-electron chi connectivity index (χ2n) is 13.4. The van der Waals surface area contributed by atoms with Gasteiger partial charge in [-0.2, -0.15) is 0 Å². The molecular formula is C49H31N3. The molecule has 3 aromatic heterocycles. The van der Waals surface area contributed by atoms with Gasteiger partial charge in [0.25, 0.3) is 0 Å². The Kier molecular flexibility index (Phi) is 7.14. The normalized spacial score (nSPS) is 11.5. The Labute approximate surface area is 301 Å². The van der Waals surface area contributed by atoms with E-state index in [-0.39, 0.29) is 0 Å². The molecule has 242 valence electrons. The van der Waals surface area contributed by atoms with Crippen molar-refractivity contribution in [3.05, 3.63) is 188 Å². The molecule has 0 fully saturated rings. The lowest BCUT2D eigenvalue weighted by Crippen LogP contribution is -1.94. The highest BCUT2D eigenvalue weighted by atomic mass is 14.7. The molecule has 0 atom stereocenters. The zero-order valence-electron chi connectivity index (χ0n) is 28.2. The van der Waals surface area contributed by atoms with E-state index in [9.17, 15) is 0 Å². The Morgan fingerprint density at radius 3 is 1.06 bits per heavy atom. The summed E-state index contributed by atoms with van der Waals surface area (Å²) in [6.07, 6.45) is 3.93. The fourth-order valence-corrected chi connectivity index (χ4v) is 7.26. The number of rotatable bonds is 5. The second-order valence-corrected chi connectivity index (χ2v) is 13.4. The van der Waals surface area contributed by atoms with Crippen LogP contribution in [-0.4, -0.2) is 15.0 Å². The molecule has 10 aromatic rings. The van der Waals surface area contributed by atoms with Gasteiger partial charge in [0.2, 0.25) is 0 Å². The molecule has 0 aliphatic rings. The van der Waals surface area contributed by atoms with Gasteiger partial charge in [0.15, 0.2) is 0 Å². The first-order chi connectivity index (χ1) is 25.7. The van der Waals surface area contributed by atoms with Crippen molar-refractivity contribution in [2.24, 2.45) is 0 Å². The zero-order chi connectivity index (χ0) is 34.4. The van der Waals surface area contributed by atoms with Gasteiger partial charge in [-0.15, -0.1) is 0 Å². The van der Waals surface area contributed by atoms with Crippen LogP contribution in [0.15, 0.2) is 188 Å². The van der Waals surface area contributed by atoms with Crippen molar-refractivity contribution < 1.29 is 0 Å². The molecule has 0 radical (unpaired) electrons. The minimum atomic E-state index is 0.918. The maximum absolute atomic E-state index is 5.32. The average molecular weight is 662 g/mol. The van der Waals surface area contributed by atoms with E-state index < -0.39 is 0 Å². The standard InChI is InChI=1S/C49H31N3/c1-3-11-34-21-38(19-17-32(34)9-1)48-28-43(29-49(52-48)39-20-18-33-10-2-4-12-35(33)22-39)42-23-44(46-26-36-13-5-7-15-40(36)30-50-46)25-45(24-42)47-27-37-14-6-8-16-41(37)31-51-47/h1-31H. The Morgan fingerprint density at radius 2 is 0.596 bits per heavy atom. The predicted octanol–water partition coefficient (Wildman–Crippen LogP) is 12.8. The summed E-state index contributed by atoms with van der Waals surface area (Å²) in [4.78, 5) is 15.2. The highest BCUT2D eigenvalue weighted by Gasteiger charge is 2.15. The SMILES string of the molecule is c1ccc2cc(-c3cc(-c4cc(-c5cc6ccccc6cn5)cc(-c5cc6ccccc6cn5)c4)cc(-c4ccc5ccccc5c4)n3)ccc2c1. The Bertz CT molecular complexity index is 2580. The molecular weight excluding hydrogens is 631 g/mol. The molecule has 0 saturated carbocycles. The van der Waals surface area contributed by atoms with Crippen LogP contribution in [0.4, 0.5) is 0 Å². The van der Waals surface area contributed by atoms with Crippen LogP contribution >= 0.6 is 0 Å². The summed E-state index contributed by atoms with van der Waals surface area (Å²) in [5.41, 5.74) is 10.0. The molecule has 0 saturated heterocycles. The number of hydrogen-bond acceptors (Lipinski definition) is 3. The molecule has 3 heterocycles. The van der Waals surface area contributed by atoms with Gasteiger partial charge in [0.1, 0.15) is 0 Å². The first-order valence-corrected chi connectivity index (χ1v) is 17.6. The summed E-state index contributed by atoms with van der Waals surface area (Å²) in [5, 5.41) is 9.34. The van der Waals surface area contributed by atoms with Gasteiger partial charge in [-0.25, -0.2) is 4.98 Å². The molecule has 0 bridgehead atoms.